The first-order valence-electron chi connectivity index (χ1n) is 2.30. The third-order valence-corrected chi connectivity index (χ3v) is 1.02. The first-order chi connectivity index (χ1) is 2.89. The molecule has 1 nitrogen and oxygen atoms in total. The van der Waals surface area contributed by atoms with Crippen molar-refractivity contribution in [3.8, 4) is 0 Å². The van der Waals surface area contributed by atoms with E-state index in [1.165, 1.54) is 0 Å². The third-order valence-electron chi connectivity index (χ3n) is 1.02. The van der Waals surface area contributed by atoms with E-state index in [1.807, 2.05) is 0 Å². The van der Waals surface area contributed by atoms with E-state index < -0.39 is 0 Å². The zero-order chi connectivity index (χ0) is 4.41. The Hall–Kier alpha value is 1.30. The summed E-state index contributed by atoms with van der Waals surface area (Å²) in [6, 6.07) is 0. The van der Waals surface area contributed by atoms with Crippen LogP contribution in [0.4, 0.5) is 0 Å². The summed E-state index contributed by atoms with van der Waals surface area (Å²) in [6.07, 6.45) is 1.15. The molecule has 42 valence electrons. The van der Waals surface area contributed by atoms with Gasteiger partial charge in [0.2, 0.25) is 0 Å². The van der Waals surface area contributed by atoms with Crippen molar-refractivity contribution < 1.29 is 45.1 Å². The number of hydrogen-bond donors (Lipinski definition) is 0. The molecule has 1 fully saturated rings. The van der Waals surface area contributed by atoms with E-state index in [1.54, 1.807) is 0 Å². The zero-order valence-corrected chi connectivity index (χ0v) is 6.84. The molecule has 1 aliphatic heterocycles. The molecule has 0 aliphatic carbocycles. The predicted molar refractivity (Wildman–Crippen MR) is 24.3 cm³/mol. The normalized spacial score (nSPS) is 29.6. The molecule has 0 amide bonds. The van der Waals surface area contributed by atoms with E-state index in [-0.39, 0.29) is 40.4 Å². The molecule has 1 atom stereocenters. The van der Waals surface area contributed by atoms with E-state index in [2.05, 4.69) is 6.92 Å². The summed E-state index contributed by atoms with van der Waals surface area (Å²) in [4.78, 5) is 0. The van der Waals surface area contributed by atoms with Gasteiger partial charge in [0.1, 0.15) is 0 Å². The van der Waals surface area contributed by atoms with Crippen molar-refractivity contribution in [3.05, 3.63) is 6.92 Å². The summed E-state index contributed by atoms with van der Waals surface area (Å²) >= 11 is 0. The molecule has 0 aromatic carbocycles. The van der Waals surface area contributed by atoms with Crippen LogP contribution in [-0.4, -0.2) is 13.2 Å². The summed E-state index contributed by atoms with van der Waals surface area (Å²) in [5.74, 6) is 0.574. The van der Waals surface area contributed by atoms with Crippen LogP contribution >= 0.6 is 0 Å². The quantitative estimate of drug-likeness (QED) is 0.566. The molecule has 0 bridgehead atoms. The molecule has 1 heterocycles. The van der Waals surface area contributed by atoms with E-state index in [9.17, 15) is 0 Å². The minimum absolute atomic E-state index is 0. The van der Waals surface area contributed by atoms with Crippen LogP contribution in [0.15, 0.2) is 0 Å². The van der Waals surface area contributed by atoms with Gasteiger partial charge < -0.3 is 11.7 Å². The van der Waals surface area contributed by atoms with Crippen LogP contribution in [0, 0.1) is 53.2 Å². The summed E-state index contributed by atoms with van der Waals surface area (Å²) in [6.45, 7) is 5.61. The van der Waals surface area contributed by atoms with E-state index in [0.717, 1.165) is 19.6 Å². The van der Waals surface area contributed by atoms with Gasteiger partial charge in [0.25, 0.3) is 0 Å². The van der Waals surface area contributed by atoms with E-state index in [0.29, 0.717) is 5.92 Å². The summed E-state index contributed by atoms with van der Waals surface area (Å²) in [5, 5.41) is 0. The molecule has 1 rings (SSSR count). The Labute approximate surface area is 76.9 Å². The van der Waals surface area contributed by atoms with Crippen LogP contribution < -0.4 is 0 Å². The fourth-order valence-electron chi connectivity index (χ4n) is 0.583. The molecule has 1 aliphatic rings. The molecule has 7 heavy (non-hydrogen) atoms. The molecule has 1 saturated heterocycles. The van der Waals surface area contributed by atoms with Crippen molar-refractivity contribution in [1.29, 1.82) is 0 Å². The second-order valence-corrected chi connectivity index (χ2v) is 1.73. The summed E-state index contributed by atoms with van der Waals surface area (Å²) < 4.78 is 4.99. The van der Waals surface area contributed by atoms with Crippen molar-refractivity contribution in [3.63, 3.8) is 0 Å². The average molecular weight is 235 g/mol. The Morgan fingerprint density at radius 2 is 2.29 bits per heavy atom. The maximum atomic E-state index is 4.99. The maximum Gasteiger partial charge on any atom is 0.0443 e. The molecule has 0 saturated carbocycles. The van der Waals surface area contributed by atoms with Gasteiger partial charge in [-0.15, -0.1) is 5.92 Å². The Balaban J connectivity index is 0.000000360. The molecular formula is C5H9OSm-. The molecule has 1 unspecified atom stereocenters. The van der Waals surface area contributed by atoms with Gasteiger partial charge in [-0.25, -0.2) is 0 Å². The first-order valence-corrected chi connectivity index (χ1v) is 2.30. The van der Waals surface area contributed by atoms with E-state index >= 15 is 0 Å². The third kappa shape index (κ3) is 2.97. The van der Waals surface area contributed by atoms with Crippen LogP contribution in [0.25, 0.3) is 0 Å². The van der Waals surface area contributed by atoms with Crippen molar-refractivity contribution in [2.24, 2.45) is 5.92 Å². The van der Waals surface area contributed by atoms with Gasteiger partial charge in [-0.05, 0) is 0 Å². The van der Waals surface area contributed by atoms with Gasteiger partial charge in [0.15, 0.2) is 0 Å². The Kier molecular flexibility index (Phi) is 4.98. The van der Waals surface area contributed by atoms with Gasteiger partial charge in [0.05, 0.1) is 0 Å². The molecule has 2 heteroatoms. The van der Waals surface area contributed by atoms with Crippen molar-refractivity contribution in [1.82, 2.24) is 0 Å². The van der Waals surface area contributed by atoms with E-state index in [4.69, 9.17) is 4.74 Å². The Morgan fingerprint density at radius 3 is 2.43 bits per heavy atom. The van der Waals surface area contributed by atoms with Crippen molar-refractivity contribution in [2.45, 2.75) is 6.42 Å². The zero-order valence-electron chi connectivity index (χ0n) is 4.22. The Bertz CT molecular complexity index is 41.3. The first kappa shape index (κ1) is 8.30. The van der Waals surface area contributed by atoms with Crippen LogP contribution in [0.2, 0.25) is 0 Å². The fraction of sp³-hybridized carbons (Fsp3) is 0.800. The van der Waals surface area contributed by atoms with Crippen molar-refractivity contribution >= 4 is 0 Å². The maximum absolute atomic E-state index is 4.99. The van der Waals surface area contributed by atoms with Crippen LogP contribution in [0.5, 0.6) is 0 Å². The van der Waals surface area contributed by atoms with Crippen LogP contribution in [0.3, 0.4) is 0 Å². The Morgan fingerprint density at radius 1 is 1.57 bits per heavy atom. The number of ether oxygens (including phenoxy) is 1. The van der Waals surface area contributed by atoms with Crippen molar-refractivity contribution in [2.75, 3.05) is 13.2 Å². The van der Waals surface area contributed by atoms with Crippen LogP contribution in [0.1, 0.15) is 6.42 Å². The predicted octanol–water partition coefficient (Wildman–Crippen LogP) is 0.857. The second-order valence-electron chi connectivity index (χ2n) is 1.73. The minimum Gasteiger partial charge on any atom is -0.384 e. The van der Waals surface area contributed by atoms with Gasteiger partial charge in [0, 0.05) is 53.6 Å². The van der Waals surface area contributed by atoms with Gasteiger partial charge >= 0.3 is 0 Å². The standard InChI is InChI=1S/C5H9O.Sm/c1-5-2-3-6-4-5;/h5H,1-4H2;/q-1;. The van der Waals surface area contributed by atoms with Crippen LogP contribution in [-0.2, 0) is 4.74 Å². The summed E-state index contributed by atoms with van der Waals surface area (Å²) in [7, 11) is 0. The monoisotopic (exact) mass is 237 g/mol. The molecule has 0 N–H and O–H groups in total. The molecule has 0 spiro atoms. The largest absolute Gasteiger partial charge is 0.384 e. The molecule has 0 radical (unpaired) electrons. The van der Waals surface area contributed by atoms with Gasteiger partial charge in [-0.1, -0.05) is 6.42 Å². The summed E-state index contributed by atoms with van der Waals surface area (Å²) in [5.41, 5.74) is 0. The number of rotatable bonds is 0. The molecular weight excluding hydrogens is 226 g/mol. The smallest absolute Gasteiger partial charge is 0.0443 e. The molecule has 0 aromatic rings. The topological polar surface area (TPSA) is 9.23 Å². The second kappa shape index (κ2) is 4.20. The molecule has 0 aromatic heterocycles. The van der Waals surface area contributed by atoms with Gasteiger partial charge in [-0.2, -0.15) is 0 Å². The fourth-order valence-corrected chi connectivity index (χ4v) is 0.583. The SMILES string of the molecule is [CH2-]C1CCOC1.[Sm]. The minimum atomic E-state index is 0. The average Bonchev–Trinajstić information content (AvgIpc) is 1.86. The van der Waals surface area contributed by atoms with Gasteiger partial charge in [-0.3, -0.25) is 0 Å². The number of hydrogen-bond acceptors (Lipinski definition) is 1.